The first-order chi connectivity index (χ1) is 11.8. The van der Waals surface area contributed by atoms with Crippen LogP contribution in [-0.4, -0.2) is 13.4 Å². The van der Waals surface area contributed by atoms with E-state index in [2.05, 4.69) is 9.71 Å². The third-order valence-electron chi connectivity index (χ3n) is 4.00. The molecule has 130 valence electrons. The summed E-state index contributed by atoms with van der Waals surface area (Å²) in [6.45, 7) is 3.83. The third kappa shape index (κ3) is 4.35. The molecule has 0 aliphatic rings. The van der Waals surface area contributed by atoms with Crippen LogP contribution in [0.5, 0.6) is 0 Å². The second kappa shape index (κ2) is 6.82. The van der Waals surface area contributed by atoms with Crippen molar-refractivity contribution in [3.8, 4) is 0 Å². The first-order valence-corrected chi connectivity index (χ1v) is 9.63. The Bertz CT molecular complexity index is 1090. The van der Waals surface area contributed by atoms with Crippen molar-refractivity contribution in [1.82, 2.24) is 9.71 Å². The van der Waals surface area contributed by atoms with Gasteiger partial charge in [0.2, 0.25) is 10.0 Å². The quantitative estimate of drug-likeness (QED) is 0.738. The van der Waals surface area contributed by atoms with Crippen molar-refractivity contribution in [2.24, 2.45) is 0 Å². The summed E-state index contributed by atoms with van der Waals surface area (Å²) in [7, 11) is -3.53. The minimum Gasteiger partial charge on any atom is -0.322 e. The highest BCUT2D eigenvalue weighted by molar-refractivity contribution is 7.88. The van der Waals surface area contributed by atoms with E-state index in [1.165, 1.54) is 0 Å². The van der Waals surface area contributed by atoms with Crippen molar-refractivity contribution in [2.75, 3.05) is 0 Å². The van der Waals surface area contributed by atoms with Crippen LogP contribution in [0.1, 0.15) is 22.3 Å². The maximum Gasteiger partial charge on any atom is 0.252 e. The van der Waals surface area contributed by atoms with Crippen LogP contribution in [0.4, 0.5) is 0 Å². The molecule has 0 saturated carbocycles. The fourth-order valence-corrected chi connectivity index (χ4v) is 3.85. The fraction of sp³-hybridized carbons (Fsp3) is 0.211. The molecule has 0 unspecified atom stereocenters. The van der Waals surface area contributed by atoms with Gasteiger partial charge in [-0.25, -0.2) is 13.1 Å². The van der Waals surface area contributed by atoms with Gasteiger partial charge in [-0.3, -0.25) is 4.79 Å². The number of aryl methyl sites for hydroxylation is 2. The Morgan fingerprint density at radius 1 is 1.00 bits per heavy atom. The first kappa shape index (κ1) is 17.4. The van der Waals surface area contributed by atoms with E-state index in [1.807, 2.05) is 50.2 Å². The number of sulfonamides is 1. The number of hydrogen-bond donors (Lipinski definition) is 2. The Balaban J connectivity index is 1.78. The molecule has 3 rings (SSSR count). The van der Waals surface area contributed by atoms with E-state index in [0.29, 0.717) is 5.56 Å². The second-order valence-corrected chi connectivity index (χ2v) is 8.09. The lowest BCUT2D eigenvalue weighted by Crippen LogP contribution is -2.28. The van der Waals surface area contributed by atoms with Crippen LogP contribution in [0.25, 0.3) is 10.9 Å². The molecule has 5 nitrogen and oxygen atoms in total. The minimum atomic E-state index is -3.53. The summed E-state index contributed by atoms with van der Waals surface area (Å²) in [4.78, 5) is 15.0. The number of nitrogens with one attached hydrogen (secondary N) is 2. The predicted octanol–water partition coefficient (Wildman–Crippen LogP) is 2.76. The van der Waals surface area contributed by atoms with E-state index in [0.717, 1.165) is 27.6 Å². The Kier molecular flexibility index (Phi) is 4.74. The molecular weight excluding hydrogens is 336 g/mol. The lowest BCUT2D eigenvalue weighted by atomic mass is 10.1. The van der Waals surface area contributed by atoms with E-state index in [1.54, 1.807) is 12.1 Å². The molecule has 0 radical (unpaired) electrons. The van der Waals surface area contributed by atoms with Crippen LogP contribution >= 0.6 is 0 Å². The van der Waals surface area contributed by atoms with Gasteiger partial charge in [0.1, 0.15) is 0 Å². The van der Waals surface area contributed by atoms with E-state index in [9.17, 15) is 13.2 Å². The average molecular weight is 356 g/mol. The molecule has 0 saturated heterocycles. The van der Waals surface area contributed by atoms with Crippen molar-refractivity contribution in [2.45, 2.75) is 26.1 Å². The van der Waals surface area contributed by atoms with Crippen molar-refractivity contribution >= 4 is 20.9 Å². The zero-order chi connectivity index (χ0) is 18.0. The average Bonchev–Trinajstić information content (AvgIpc) is 2.52. The molecule has 25 heavy (non-hydrogen) atoms. The molecule has 0 fully saturated rings. The molecular formula is C19H20N2O3S. The number of aromatic amines is 1. The van der Waals surface area contributed by atoms with Crippen LogP contribution < -0.4 is 10.3 Å². The molecule has 0 bridgehead atoms. The monoisotopic (exact) mass is 356 g/mol. The van der Waals surface area contributed by atoms with Crippen LogP contribution in [0.2, 0.25) is 0 Å². The van der Waals surface area contributed by atoms with Gasteiger partial charge in [-0.2, -0.15) is 0 Å². The maximum absolute atomic E-state index is 12.3. The molecule has 1 aromatic heterocycles. The smallest absolute Gasteiger partial charge is 0.252 e. The zero-order valence-corrected chi connectivity index (χ0v) is 15.0. The standard InChI is InChI=1S/C19H20N2O3S/c1-13-4-3-5-15(8-13)12-25(23,24)20-11-17-10-16-7-6-14(2)9-18(16)21-19(17)22/h3-10,20H,11-12H2,1-2H3,(H,21,22). The lowest BCUT2D eigenvalue weighted by Gasteiger charge is -2.08. The summed E-state index contributed by atoms with van der Waals surface area (Å²) in [6.07, 6.45) is 0. The third-order valence-corrected chi connectivity index (χ3v) is 5.30. The summed E-state index contributed by atoms with van der Waals surface area (Å²) in [5, 5.41) is 0.873. The molecule has 0 atom stereocenters. The summed E-state index contributed by atoms with van der Waals surface area (Å²) in [5.74, 6) is -0.112. The number of H-pyrrole nitrogens is 1. The van der Waals surface area contributed by atoms with Crippen molar-refractivity contribution in [3.05, 3.63) is 81.1 Å². The number of rotatable bonds is 5. The molecule has 6 heteroatoms. The van der Waals surface area contributed by atoms with Gasteiger partial charge in [0.05, 0.1) is 5.75 Å². The number of fused-ring (bicyclic) bond motifs is 1. The van der Waals surface area contributed by atoms with Crippen LogP contribution in [0.3, 0.4) is 0 Å². The van der Waals surface area contributed by atoms with Crippen molar-refractivity contribution in [3.63, 3.8) is 0 Å². The van der Waals surface area contributed by atoms with Gasteiger partial charge < -0.3 is 4.98 Å². The van der Waals surface area contributed by atoms with E-state index >= 15 is 0 Å². The Labute approximate surface area is 146 Å². The SMILES string of the molecule is Cc1cccc(CS(=O)(=O)NCc2cc3ccc(C)cc3[nH]c2=O)c1. The molecule has 0 aliphatic heterocycles. The van der Waals surface area contributed by atoms with Gasteiger partial charge in [-0.05, 0) is 42.5 Å². The highest BCUT2D eigenvalue weighted by Gasteiger charge is 2.13. The van der Waals surface area contributed by atoms with Crippen molar-refractivity contribution in [1.29, 1.82) is 0 Å². The van der Waals surface area contributed by atoms with Gasteiger partial charge in [0.25, 0.3) is 5.56 Å². The molecule has 2 aromatic carbocycles. The molecule has 0 spiro atoms. The highest BCUT2D eigenvalue weighted by Crippen LogP contribution is 2.13. The molecule has 0 amide bonds. The van der Waals surface area contributed by atoms with E-state index in [4.69, 9.17) is 0 Å². The van der Waals surface area contributed by atoms with Crippen LogP contribution in [-0.2, 0) is 22.3 Å². The molecule has 3 aromatic rings. The van der Waals surface area contributed by atoms with Gasteiger partial charge in [-0.1, -0.05) is 42.0 Å². The summed E-state index contributed by atoms with van der Waals surface area (Å²) < 4.78 is 27.1. The Hall–Kier alpha value is -2.44. The van der Waals surface area contributed by atoms with E-state index in [-0.39, 0.29) is 17.9 Å². The molecule has 0 aliphatic carbocycles. The summed E-state index contributed by atoms with van der Waals surface area (Å²) in [5.41, 5.74) is 3.64. The first-order valence-electron chi connectivity index (χ1n) is 7.98. The number of hydrogen-bond acceptors (Lipinski definition) is 3. The summed E-state index contributed by atoms with van der Waals surface area (Å²) in [6, 6.07) is 14.8. The lowest BCUT2D eigenvalue weighted by molar-refractivity contribution is 0.580. The second-order valence-electron chi connectivity index (χ2n) is 6.28. The summed E-state index contributed by atoms with van der Waals surface area (Å²) >= 11 is 0. The van der Waals surface area contributed by atoms with Crippen LogP contribution in [0, 0.1) is 13.8 Å². The number of benzene rings is 2. The van der Waals surface area contributed by atoms with E-state index < -0.39 is 10.0 Å². The van der Waals surface area contributed by atoms with Crippen LogP contribution in [0.15, 0.2) is 53.3 Å². The number of pyridine rings is 1. The minimum absolute atomic E-state index is 0.0344. The van der Waals surface area contributed by atoms with Gasteiger partial charge in [0.15, 0.2) is 0 Å². The highest BCUT2D eigenvalue weighted by atomic mass is 32.2. The topological polar surface area (TPSA) is 79.0 Å². The largest absolute Gasteiger partial charge is 0.322 e. The van der Waals surface area contributed by atoms with Gasteiger partial charge >= 0.3 is 0 Å². The maximum atomic E-state index is 12.3. The Morgan fingerprint density at radius 2 is 1.76 bits per heavy atom. The molecule has 1 heterocycles. The number of aromatic nitrogens is 1. The van der Waals surface area contributed by atoms with Crippen molar-refractivity contribution < 1.29 is 8.42 Å². The zero-order valence-electron chi connectivity index (χ0n) is 14.2. The van der Waals surface area contributed by atoms with Gasteiger partial charge in [0, 0.05) is 17.6 Å². The Morgan fingerprint density at radius 3 is 2.52 bits per heavy atom. The fourth-order valence-electron chi connectivity index (χ4n) is 2.75. The normalized spacial score (nSPS) is 11.8. The molecule has 2 N–H and O–H groups in total. The predicted molar refractivity (Wildman–Crippen MR) is 99.9 cm³/mol. The van der Waals surface area contributed by atoms with Gasteiger partial charge in [-0.15, -0.1) is 0 Å².